The Morgan fingerprint density at radius 1 is 1.37 bits per heavy atom. The minimum absolute atomic E-state index is 0.0142. The molecule has 2 rings (SSSR count). The van der Waals surface area contributed by atoms with E-state index in [1.807, 2.05) is 0 Å². The smallest absolute Gasteiger partial charge is 0.387 e. The van der Waals surface area contributed by atoms with Gasteiger partial charge in [0, 0.05) is 5.56 Å². The number of hydrogen-bond donors (Lipinski definition) is 0. The predicted octanol–water partition coefficient (Wildman–Crippen LogP) is 4.24. The van der Waals surface area contributed by atoms with Crippen molar-refractivity contribution in [3.63, 3.8) is 0 Å². The lowest BCUT2D eigenvalue weighted by atomic mass is 10.1. The van der Waals surface area contributed by atoms with Crippen molar-refractivity contribution >= 4 is 16.8 Å². The van der Waals surface area contributed by atoms with Crippen LogP contribution in [0.15, 0.2) is 34.7 Å². The van der Waals surface area contributed by atoms with Crippen LogP contribution in [0.25, 0.3) is 11.3 Å². The zero-order valence-electron chi connectivity index (χ0n) is 9.82. The molecule has 0 radical (unpaired) electrons. The lowest BCUT2D eigenvalue weighted by Crippen LogP contribution is -2.01. The Bertz CT molecular complexity index is 608. The number of rotatable bonds is 4. The molecule has 0 aliphatic carbocycles. The Morgan fingerprint density at radius 2 is 2.11 bits per heavy atom. The fraction of sp³-hybridized carbons (Fsp3) is 0.154. The Kier molecular flexibility index (Phi) is 3.85. The highest BCUT2D eigenvalue weighted by molar-refractivity contribution is 6.67. The van der Waals surface area contributed by atoms with Crippen LogP contribution in [-0.4, -0.2) is 11.9 Å². The molecule has 0 aliphatic rings. The van der Waals surface area contributed by atoms with Crippen LogP contribution in [0.4, 0.5) is 8.78 Å². The molecule has 100 valence electrons. The van der Waals surface area contributed by atoms with E-state index in [2.05, 4.69) is 4.74 Å². The summed E-state index contributed by atoms with van der Waals surface area (Å²) in [6.07, 6.45) is 0. The van der Waals surface area contributed by atoms with Crippen LogP contribution in [-0.2, 0) is 0 Å². The van der Waals surface area contributed by atoms with Crippen LogP contribution in [0, 0.1) is 6.92 Å². The topological polar surface area (TPSA) is 39.4 Å². The first-order valence-electron chi connectivity index (χ1n) is 5.33. The van der Waals surface area contributed by atoms with E-state index in [0.717, 1.165) is 0 Å². The second-order valence-corrected chi connectivity index (χ2v) is 4.10. The van der Waals surface area contributed by atoms with Gasteiger partial charge in [0.05, 0.1) is 5.56 Å². The zero-order chi connectivity index (χ0) is 14.0. The van der Waals surface area contributed by atoms with Crippen LogP contribution in [0.3, 0.4) is 0 Å². The van der Waals surface area contributed by atoms with E-state index in [0.29, 0.717) is 17.1 Å². The molecule has 1 aromatic carbocycles. The van der Waals surface area contributed by atoms with Crippen LogP contribution >= 0.6 is 11.6 Å². The molecule has 2 aromatic rings. The standard InChI is InChI=1S/C13H9ClF2O3/c1-7-10(12(14)17)6-11(18-7)8-3-2-4-9(5-8)19-13(15)16/h2-6,13H,1H3. The number of alkyl halides is 2. The molecule has 0 atom stereocenters. The van der Waals surface area contributed by atoms with Crippen LogP contribution in [0.5, 0.6) is 5.75 Å². The quantitative estimate of drug-likeness (QED) is 0.789. The fourth-order valence-corrected chi connectivity index (χ4v) is 1.83. The van der Waals surface area contributed by atoms with E-state index < -0.39 is 11.9 Å². The van der Waals surface area contributed by atoms with E-state index in [9.17, 15) is 13.6 Å². The van der Waals surface area contributed by atoms with Gasteiger partial charge < -0.3 is 9.15 Å². The molecule has 0 spiro atoms. The summed E-state index contributed by atoms with van der Waals surface area (Å²) < 4.78 is 33.9. The maximum absolute atomic E-state index is 12.1. The van der Waals surface area contributed by atoms with Crippen molar-refractivity contribution in [1.29, 1.82) is 0 Å². The maximum Gasteiger partial charge on any atom is 0.387 e. The molecular formula is C13H9ClF2O3. The van der Waals surface area contributed by atoms with E-state index in [-0.39, 0.29) is 11.3 Å². The molecule has 0 N–H and O–H groups in total. The molecule has 0 fully saturated rings. The summed E-state index contributed by atoms with van der Waals surface area (Å²) in [6, 6.07) is 7.46. The number of carbonyl (C=O) groups is 1. The van der Waals surface area contributed by atoms with Gasteiger partial charge in [0.2, 0.25) is 0 Å². The van der Waals surface area contributed by atoms with Crippen molar-refractivity contribution in [2.45, 2.75) is 13.5 Å². The number of aryl methyl sites for hydroxylation is 1. The molecule has 0 saturated carbocycles. The monoisotopic (exact) mass is 286 g/mol. The first-order chi connectivity index (χ1) is 8.97. The normalized spacial score (nSPS) is 10.8. The van der Waals surface area contributed by atoms with Crippen LogP contribution in [0.2, 0.25) is 0 Å². The Hall–Kier alpha value is -1.88. The third-order valence-corrected chi connectivity index (χ3v) is 2.68. The molecule has 0 aliphatic heterocycles. The van der Waals surface area contributed by atoms with Gasteiger partial charge in [-0.15, -0.1) is 0 Å². The molecule has 19 heavy (non-hydrogen) atoms. The summed E-state index contributed by atoms with van der Waals surface area (Å²) >= 11 is 5.39. The first kappa shape index (κ1) is 13.5. The van der Waals surface area contributed by atoms with Crippen LogP contribution in [0.1, 0.15) is 16.1 Å². The van der Waals surface area contributed by atoms with Gasteiger partial charge in [-0.3, -0.25) is 4.79 Å². The third kappa shape index (κ3) is 3.12. The zero-order valence-corrected chi connectivity index (χ0v) is 10.6. The fourth-order valence-electron chi connectivity index (χ4n) is 1.65. The van der Waals surface area contributed by atoms with Crippen molar-refractivity contribution in [3.8, 4) is 17.1 Å². The molecule has 0 saturated heterocycles. The van der Waals surface area contributed by atoms with Crippen molar-refractivity contribution in [2.24, 2.45) is 0 Å². The van der Waals surface area contributed by atoms with Gasteiger partial charge in [0.25, 0.3) is 5.24 Å². The van der Waals surface area contributed by atoms with Gasteiger partial charge in [0.1, 0.15) is 17.3 Å². The average Bonchev–Trinajstić information content (AvgIpc) is 2.71. The van der Waals surface area contributed by atoms with E-state index in [4.69, 9.17) is 16.0 Å². The number of benzene rings is 1. The minimum Gasteiger partial charge on any atom is -0.461 e. The minimum atomic E-state index is -2.89. The maximum atomic E-state index is 12.1. The number of hydrogen-bond acceptors (Lipinski definition) is 3. The van der Waals surface area contributed by atoms with Gasteiger partial charge in [-0.25, -0.2) is 0 Å². The number of ether oxygens (including phenoxy) is 1. The van der Waals surface area contributed by atoms with E-state index in [1.54, 1.807) is 19.1 Å². The number of halogens is 3. The molecule has 0 bridgehead atoms. The van der Waals surface area contributed by atoms with Crippen molar-refractivity contribution in [1.82, 2.24) is 0 Å². The molecule has 1 heterocycles. The van der Waals surface area contributed by atoms with E-state index in [1.165, 1.54) is 18.2 Å². The summed E-state index contributed by atoms with van der Waals surface area (Å²) in [5, 5.41) is -0.632. The molecule has 0 amide bonds. The summed E-state index contributed by atoms with van der Waals surface area (Å²) in [4.78, 5) is 11.1. The summed E-state index contributed by atoms with van der Waals surface area (Å²) in [5.41, 5.74) is 0.766. The molecule has 3 nitrogen and oxygen atoms in total. The molecule has 0 unspecified atom stereocenters. The highest BCUT2D eigenvalue weighted by atomic mass is 35.5. The molecule has 6 heteroatoms. The highest BCUT2D eigenvalue weighted by Crippen LogP contribution is 2.29. The summed E-state index contributed by atoms with van der Waals surface area (Å²) in [7, 11) is 0. The van der Waals surface area contributed by atoms with Crippen molar-refractivity contribution < 1.29 is 22.7 Å². The highest BCUT2D eigenvalue weighted by Gasteiger charge is 2.14. The van der Waals surface area contributed by atoms with E-state index >= 15 is 0 Å². The Morgan fingerprint density at radius 3 is 2.68 bits per heavy atom. The number of furan rings is 1. The Balaban J connectivity index is 2.36. The second kappa shape index (κ2) is 5.40. The predicted molar refractivity (Wildman–Crippen MR) is 65.7 cm³/mol. The third-order valence-electron chi connectivity index (χ3n) is 2.47. The van der Waals surface area contributed by atoms with Gasteiger partial charge >= 0.3 is 6.61 Å². The van der Waals surface area contributed by atoms with Crippen molar-refractivity contribution in [3.05, 3.63) is 41.7 Å². The Labute approximate surface area is 112 Å². The van der Waals surface area contributed by atoms with Gasteiger partial charge in [-0.2, -0.15) is 8.78 Å². The first-order valence-corrected chi connectivity index (χ1v) is 5.70. The lowest BCUT2D eigenvalue weighted by molar-refractivity contribution is -0.0498. The van der Waals surface area contributed by atoms with Crippen molar-refractivity contribution in [2.75, 3.05) is 0 Å². The van der Waals surface area contributed by atoms with Gasteiger partial charge in [-0.05, 0) is 36.7 Å². The molecular weight excluding hydrogens is 278 g/mol. The number of carbonyl (C=O) groups excluding carboxylic acids is 1. The molecule has 1 aromatic heterocycles. The van der Waals surface area contributed by atoms with Gasteiger partial charge in [0.15, 0.2) is 0 Å². The average molecular weight is 287 g/mol. The summed E-state index contributed by atoms with van der Waals surface area (Å²) in [6.45, 7) is -1.30. The SMILES string of the molecule is Cc1oc(-c2cccc(OC(F)F)c2)cc1C(=O)Cl. The van der Waals surface area contributed by atoms with Crippen LogP contribution < -0.4 is 4.74 Å². The lowest BCUT2D eigenvalue weighted by Gasteiger charge is -2.05. The largest absolute Gasteiger partial charge is 0.461 e. The summed E-state index contributed by atoms with van der Waals surface area (Å²) in [5.74, 6) is 0.747. The van der Waals surface area contributed by atoms with Gasteiger partial charge in [-0.1, -0.05) is 12.1 Å². The second-order valence-electron chi connectivity index (χ2n) is 3.76.